The Kier molecular flexibility index (Phi) is 4.47. The lowest BCUT2D eigenvalue weighted by Crippen LogP contribution is -2.08. The van der Waals surface area contributed by atoms with Crippen LogP contribution in [-0.2, 0) is 19.3 Å². The van der Waals surface area contributed by atoms with Crippen LogP contribution in [0.3, 0.4) is 0 Å². The molecule has 0 nitrogen and oxygen atoms in total. The first-order valence-corrected chi connectivity index (χ1v) is 13.8. The van der Waals surface area contributed by atoms with Crippen LogP contribution in [0, 0.1) is 5.92 Å². The SMILES string of the molecule is CC(C)C1=Cc2c(-c3ccc4c5c(cccc35)CC4)cccc2C1c1cccc2c1Cc1ccccc1-2. The fraction of sp³-hybridized carbons (Fsp3) is 0.189. The number of hydrogen-bond donors (Lipinski definition) is 0. The van der Waals surface area contributed by atoms with Crippen molar-refractivity contribution in [1.82, 2.24) is 0 Å². The van der Waals surface area contributed by atoms with E-state index in [-0.39, 0.29) is 0 Å². The highest BCUT2D eigenvalue weighted by Gasteiger charge is 2.34. The first-order valence-electron chi connectivity index (χ1n) is 13.8. The normalized spacial score (nSPS) is 16.7. The fourth-order valence-electron chi connectivity index (χ4n) is 7.44. The highest BCUT2D eigenvalue weighted by atomic mass is 14.4. The van der Waals surface area contributed by atoms with Crippen molar-refractivity contribution in [2.45, 2.75) is 39.0 Å². The van der Waals surface area contributed by atoms with Gasteiger partial charge in [0.15, 0.2) is 0 Å². The van der Waals surface area contributed by atoms with Crippen molar-refractivity contribution in [3.05, 3.63) is 136 Å². The molecule has 0 aliphatic heterocycles. The van der Waals surface area contributed by atoms with Gasteiger partial charge in [-0.05, 0) is 97.2 Å². The Morgan fingerprint density at radius 2 is 1.30 bits per heavy atom. The molecule has 0 amide bonds. The van der Waals surface area contributed by atoms with Crippen molar-refractivity contribution >= 4 is 16.8 Å². The Morgan fingerprint density at radius 1 is 0.595 bits per heavy atom. The molecule has 0 heteroatoms. The van der Waals surface area contributed by atoms with Gasteiger partial charge in [0.05, 0.1) is 0 Å². The van der Waals surface area contributed by atoms with Crippen LogP contribution in [0.2, 0.25) is 0 Å². The van der Waals surface area contributed by atoms with E-state index in [2.05, 4.69) is 111 Å². The summed E-state index contributed by atoms with van der Waals surface area (Å²) in [4.78, 5) is 0. The predicted molar refractivity (Wildman–Crippen MR) is 156 cm³/mol. The zero-order valence-corrected chi connectivity index (χ0v) is 21.5. The van der Waals surface area contributed by atoms with Crippen LogP contribution in [0.5, 0.6) is 0 Å². The second-order valence-electron chi connectivity index (χ2n) is 11.4. The maximum Gasteiger partial charge on any atom is 0.0314 e. The summed E-state index contributed by atoms with van der Waals surface area (Å²) in [6.45, 7) is 4.72. The minimum Gasteiger partial charge on any atom is -0.0619 e. The summed E-state index contributed by atoms with van der Waals surface area (Å²) in [6, 6.07) is 34.6. The number of fused-ring (bicyclic) bond motifs is 4. The Labute approximate surface area is 219 Å². The highest BCUT2D eigenvalue weighted by molar-refractivity contribution is 6.03. The van der Waals surface area contributed by atoms with Crippen LogP contribution in [0.25, 0.3) is 39.1 Å². The maximum absolute atomic E-state index is 2.53. The molecule has 5 aromatic rings. The van der Waals surface area contributed by atoms with Crippen LogP contribution in [0.1, 0.15) is 58.7 Å². The molecule has 1 unspecified atom stereocenters. The lowest BCUT2D eigenvalue weighted by atomic mass is 9.80. The molecule has 1 atom stereocenters. The van der Waals surface area contributed by atoms with Crippen LogP contribution >= 0.6 is 0 Å². The van der Waals surface area contributed by atoms with Gasteiger partial charge in [0, 0.05) is 5.92 Å². The van der Waals surface area contributed by atoms with E-state index in [9.17, 15) is 0 Å². The standard InChI is InChI=1S/C37H30/c1-22(2)33-21-35-28(29-19-18-24-17-16-23-9-5-13-30(29)36(23)24)12-7-15-32(35)37(33)31-14-6-11-27-26-10-4-3-8-25(26)20-34(27)31/h3-15,18-19,21-22,37H,16-17,20H2,1-2H3. The van der Waals surface area contributed by atoms with E-state index in [0.717, 1.165) is 6.42 Å². The molecule has 8 rings (SSSR count). The molecule has 0 aromatic heterocycles. The van der Waals surface area contributed by atoms with Crippen LogP contribution < -0.4 is 0 Å². The average molecular weight is 475 g/mol. The summed E-state index contributed by atoms with van der Waals surface area (Å²) >= 11 is 0. The van der Waals surface area contributed by atoms with Gasteiger partial charge in [-0.3, -0.25) is 0 Å². The van der Waals surface area contributed by atoms with Gasteiger partial charge in [-0.15, -0.1) is 0 Å². The molecule has 3 aliphatic carbocycles. The lowest BCUT2D eigenvalue weighted by Gasteiger charge is -2.23. The quantitative estimate of drug-likeness (QED) is 0.240. The number of benzene rings is 5. The molecule has 3 aliphatic rings. The molecule has 5 aromatic carbocycles. The molecule has 37 heavy (non-hydrogen) atoms. The molecular formula is C37H30. The van der Waals surface area contributed by atoms with Crippen molar-refractivity contribution in [1.29, 1.82) is 0 Å². The van der Waals surface area contributed by atoms with E-state index >= 15 is 0 Å². The molecule has 0 radical (unpaired) electrons. The minimum atomic E-state index is 0.316. The highest BCUT2D eigenvalue weighted by Crippen LogP contribution is 2.51. The first kappa shape index (κ1) is 21.2. The van der Waals surface area contributed by atoms with E-state index in [0.29, 0.717) is 11.8 Å². The van der Waals surface area contributed by atoms with Crippen molar-refractivity contribution in [3.63, 3.8) is 0 Å². The van der Waals surface area contributed by atoms with Crippen LogP contribution in [0.4, 0.5) is 0 Å². The third-order valence-corrected chi connectivity index (χ3v) is 9.13. The van der Waals surface area contributed by atoms with Crippen LogP contribution in [-0.4, -0.2) is 0 Å². The van der Waals surface area contributed by atoms with Gasteiger partial charge in [-0.1, -0.05) is 116 Å². The van der Waals surface area contributed by atoms with E-state index < -0.39 is 0 Å². The van der Waals surface area contributed by atoms with E-state index in [1.165, 1.54) is 90.4 Å². The lowest BCUT2D eigenvalue weighted by molar-refractivity contribution is 0.714. The Morgan fingerprint density at radius 3 is 2.16 bits per heavy atom. The van der Waals surface area contributed by atoms with Crippen LogP contribution in [0.15, 0.2) is 96.6 Å². The molecule has 0 bridgehead atoms. The number of aryl methyl sites for hydroxylation is 2. The van der Waals surface area contributed by atoms with Crippen molar-refractivity contribution in [2.75, 3.05) is 0 Å². The summed E-state index contributed by atoms with van der Waals surface area (Å²) in [5, 5.41) is 2.92. The number of allylic oxidation sites excluding steroid dienone is 1. The number of rotatable bonds is 3. The second-order valence-corrected chi connectivity index (χ2v) is 11.4. The van der Waals surface area contributed by atoms with E-state index in [1.54, 1.807) is 0 Å². The predicted octanol–water partition coefficient (Wildman–Crippen LogP) is 9.36. The monoisotopic (exact) mass is 474 g/mol. The maximum atomic E-state index is 2.53. The molecule has 0 spiro atoms. The first-order chi connectivity index (χ1) is 18.2. The summed E-state index contributed by atoms with van der Waals surface area (Å²) in [5.74, 6) is 0.800. The van der Waals surface area contributed by atoms with Crippen molar-refractivity contribution < 1.29 is 0 Å². The molecule has 0 saturated heterocycles. The Bertz CT molecular complexity index is 1770. The Balaban J connectivity index is 1.34. The Hall–Kier alpha value is -3.90. The number of hydrogen-bond acceptors (Lipinski definition) is 0. The molecular weight excluding hydrogens is 444 g/mol. The van der Waals surface area contributed by atoms with Crippen molar-refractivity contribution in [3.8, 4) is 22.3 Å². The second kappa shape index (κ2) is 7.80. The third kappa shape index (κ3) is 2.96. The average Bonchev–Trinajstić information content (AvgIpc) is 3.63. The fourth-order valence-corrected chi connectivity index (χ4v) is 7.44. The smallest absolute Gasteiger partial charge is 0.0314 e. The third-order valence-electron chi connectivity index (χ3n) is 9.13. The summed E-state index contributed by atoms with van der Waals surface area (Å²) in [5.41, 5.74) is 17.5. The molecule has 178 valence electrons. The van der Waals surface area contributed by atoms with Gasteiger partial charge >= 0.3 is 0 Å². The van der Waals surface area contributed by atoms with Gasteiger partial charge in [-0.25, -0.2) is 0 Å². The minimum absolute atomic E-state index is 0.316. The summed E-state index contributed by atoms with van der Waals surface area (Å²) in [6.07, 6.45) is 5.91. The molecule has 0 heterocycles. The van der Waals surface area contributed by atoms with E-state index in [1.807, 2.05) is 0 Å². The largest absolute Gasteiger partial charge is 0.0619 e. The molecule has 0 fully saturated rings. The van der Waals surface area contributed by atoms with Gasteiger partial charge in [0.2, 0.25) is 0 Å². The van der Waals surface area contributed by atoms with Gasteiger partial charge in [0.1, 0.15) is 0 Å². The summed E-state index contributed by atoms with van der Waals surface area (Å²) in [7, 11) is 0. The van der Waals surface area contributed by atoms with Gasteiger partial charge in [0.25, 0.3) is 0 Å². The molecule has 0 saturated carbocycles. The summed E-state index contributed by atoms with van der Waals surface area (Å²) < 4.78 is 0. The van der Waals surface area contributed by atoms with Gasteiger partial charge in [-0.2, -0.15) is 0 Å². The zero-order chi connectivity index (χ0) is 24.7. The molecule has 0 N–H and O–H groups in total. The van der Waals surface area contributed by atoms with Crippen molar-refractivity contribution in [2.24, 2.45) is 5.92 Å². The zero-order valence-electron chi connectivity index (χ0n) is 21.5. The topological polar surface area (TPSA) is 0 Å². The van der Waals surface area contributed by atoms with E-state index in [4.69, 9.17) is 0 Å². The van der Waals surface area contributed by atoms with Gasteiger partial charge < -0.3 is 0 Å².